The van der Waals surface area contributed by atoms with E-state index in [2.05, 4.69) is 63.3 Å². The highest BCUT2D eigenvalue weighted by atomic mass is 79.9. The molecule has 16 nitrogen and oxygen atoms in total. The number of piperazine rings is 2. The van der Waals surface area contributed by atoms with Crippen molar-refractivity contribution >= 4 is 66.2 Å². The first-order valence-corrected chi connectivity index (χ1v) is 26.9. The van der Waals surface area contributed by atoms with Crippen molar-refractivity contribution < 1.29 is 57.1 Å². The summed E-state index contributed by atoms with van der Waals surface area (Å²) in [4.78, 5) is 37.5. The Morgan fingerprint density at radius 3 is 1.33 bits per heavy atom. The molecule has 5 aliphatic rings. The van der Waals surface area contributed by atoms with Gasteiger partial charge in [-0.3, -0.25) is 14.4 Å². The Kier molecular flexibility index (Phi) is 22.3. The van der Waals surface area contributed by atoms with Crippen molar-refractivity contribution in [2.24, 2.45) is 5.73 Å². The second-order valence-electron chi connectivity index (χ2n) is 18.2. The van der Waals surface area contributed by atoms with E-state index in [9.17, 15) is 42.9 Å². The van der Waals surface area contributed by atoms with Crippen molar-refractivity contribution in [1.29, 1.82) is 0 Å². The molecule has 5 aliphatic heterocycles. The molecule has 22 heteroatoms. The number of hydrogen-bond acceptors (Lipinski definition) is 14. The van der Waals surface area contributed by atoms with Crippen molar-refractivity contribution in [2.75, 3.05) is 77.1 Å². The fourth-order valence-corrected chi connectivity index (χ4v) is 9.35. The minimum absolute atomic E-state index is 0.100. The number of carbonyl (C=O) groups excluding carboxylic acids is 3. The summed E-state index contributed by atoms with van der Waals surface area (Å²) in [6.45, 7) is 8.67. The summed E-state index contributed by atoms with van der Waals surface area (Å²) in [5, 5.41) is 44.9. The number of aliphatic hydroxyl groups excluding tert-OH is 3. The van der Waals surface area contributed by atoms with Crippen LogP contribution in [-0.2, 0) is 0 Å². The smallest absolute Gasteiger partial charge is 0.252 e. The summed E-state index contributed by atoms with van der Waals surface area (Å²) in [5.74, 6) is 0.126. The Hall–Kier alpha value is -6.11. The van der Waals surface area contributed by atoms with Gasteiger partial charge in [0.15, 0.2) is 0 Å². The minimum atomic E-state index is -0.861. The second kappa shape index (κ2) is 29.2. The third kappa shape index (κ3) is 16.9. The van der Waals surface area contributed by atoms with Gasteiger partial charge >= 0.3 is 0 Å². The summed E-state index contributed by atoms with van der Waals surface area (Å²) in [7, 11) is 0. The van der Waals surface area contributed by atoms with Gasteiger partial charge in [0.2, 0.25) is 0 Å². The first kappa shape index (κ1) is 59.5. The standard InChI is InChI=1S/C20H22FN3O3.C16H13BrFNO3.C9H10BrNO2.C7H4ClFO.C4H10N2/c21-14-3-1-13(2-4-14)20(26)23-19-16-11-15(24-9-7-22-8-10-24)5-6-18(16)27-12-17(19)25;17-10-3-6-14-12(7-10)15(13(20)8-22-14)19-16(21)9-1-4-11(18)5-2-9;10-5-1-2-8-6(3-5)9(11)7(12)4-13-8;8-7(10)5-1-3-6(9)4-2-5;1-2-6-4-3-5-1/h1-6,11,17,19,22,25H,7-10,12H2,(H,23,26);1-7,13,15,20H,8H2,(H,19,21);1-3,7,9,12H,4,11H2;1-4H;5-6H,1-4H2/t17-,19-;13-,15-;7-,9-;;/m000../s1. The van der Waals surface area contributed by atoms with Crippen molar-refractivity contribution in [1.82, 2.24) is 26.6 Å². The van der Waals surface area contributed by atoms with Gasteiger partial charge in [0.25, 0.3) is 17.1 Å². The average Bonchev–Trinajstić information content (AvgIpc) is 3.50. The average molecular weight is 1230 g/mol. The summed E-state index contributed by atoms with van der Waals surface area (Å²) < 4.78 is 56.4. The molecule has 11 rings (SSSR count). The molecule has 5 heterocycles. The first-order valence-electron chi connectivity index (χ1n) is 24.9. The minimum Gasteiger partial charge on any atom is -0.490 e. The Bertz CT molecular complexity index is 2940. The van der Waals surface area contributed by atoms with E-state index in [0.717, 1.165) is 83.9 Å². The van der Waals surface area contributed by atoms with Crippen LogP contribution in [0.4, 0.5) is 18.9 Å². The summed E-state index contributed by atoms with van der Waals surface area (Å²) in [6, 6.07) is 31.0. The third-order valence-electron chi connectivity index (χ3n) is 12.7. The van der Waals surface area contributed by atoms with Crippen LogP contribution in [0.25, 0.3) is 0 Å². The highest BCUT2D eigenvalue weighted by Crippen LogP contribution is 2.37. The molecular formula is C56H59Br2ClF3N7O9. The van der Waals surface area contributed by atoms with Crippen LogP contribution in [-0.4, -0.2) is 123 Å². The number of nitrogens with zero attached hydrogens (tertiary/aromatic N) is 1. The van der Waals surface area contributed by atoms with E-state index in [4.69, 9.17) is 31.5 Å². The maximum absolute atomic E-state index is 13.1. The number of benzene rings is 6. The van der Waals surface area contributed by atoms with Gasteiger partial charge in [-0.2, -0.15) is 0 Å². The van der Waals surface area contributed by atoms with E-state index in [1.807, 2.05) is 42.5 Å². The number of anilines is 1. The SMILES string of the molecule is C1CNCCN1.N[C@H]1c2cc(Br)ccc2OC[C@@H]1O.O=C(Cl)c1ccc(F)cc1.O=C(N[C@H]1c2cc(Br)ccc2OC[C@@H]1O)c1ccc(F)cc1.O=C(N[C@H]1c2cc(N3CCNCC3)ccc2OC[C@@H]1O)c1ccc(F)cc1. The molecule has 0 aromatic heterocycles. The van der Waals surface area contributed by atoms with Gasteiger partial charge in [-0.15, -0.1) is 0 Å². The molecule has 0 bridgehead atoms. The third-order valence-corrected chi connectivity index (χ3v) is 13.9. The molecule has 0 saturated carbocycles. The molecule has 0 radical (unpaired) electrons. The molecular weight excluding hydrogens is 1170 g/mol. The Labute approximate surface area is 471 Å². The number of amides is 2. The van der Waals surface area contributed by atoms with Crippen molar-refractivity contribution in [3.05, 3.63) is 187 Å². The van der Waals surface area contributed by atoms with E-state index in [-0.39, 0.29) is 43.5 Å². The van der Waals surface area contributed by atoms with Gasteiger partial charge in [-0.25, -0.2) is 13.2 Å². The molecule has 2 amide bonds. The Morgan fingerprint density at radius 2 is 0.897 bits per heavy atom. The van der Waals surface area contributed by atoms with Crippen LogP contribution in [0.2, 0.25) is 0 Å². The van der Waals surface area contributed by atoms with Crippen molar-refractivity contribution in [3.63, 3.8) is 0 Å². The maximum atomic E-state index is 13.1. The van der Waals surface area contributed by atoms with Gasteiger partial charge in [-0.1, -0.05) is 31.9 Å². The number of rotatable bonds is 6. The van der Waals surface area contributed by atoms with Crippen LogP contribution < -0.4 is 51.4 Å². The molecule has 0 spiro atoms. The number of nitrogens with one attached hydrogen (secondary N) is 5. The molecule has 414 valence electrons. The Balaban J connectivity index is 0.000000154. The number of hydrogen-bond donors (Lipinski definition) is 9. The largest absolute Gasteiger partial charge is 0.490 e. The molecule has 2 fully saturated rings. The number of aliphatic hydroxyl groups is 3. The molecule has 6 aromatic carbocycles. The summed E-state index contributed by atoms with van der Waals surface area (Å²) >= 11 is 11.8. The molecule has 6 aromatic rings. The highest BCUT2D eigenvalue weighted by molar-refractivity contribution is 9.10. The zero-order chi connectivity index (χ0) is 55.7. The van der Waals surface area contributed by atoms with Gasteiger partial charge in [0.1, 0.15) is 72.8 Å². The number of nitrogens with two attached hydrogens (primary N) is 1. The van der Waals surface area contributed by atoms with Crippen LogP contribution in [0.5, 0.6) is 17.2 Å². The summed E-state index contributed by atoms with van der Waals surface area (Å²) in [5.41, 5.74) is 10.1. The topological polar surface area (TPSA) is 229 Å². The van der Waals surface area contributed by atoms with E-state index < -0.39 is 47.3 Å². The lowest BCUT2D eigenvalue weighted by Gasteiger charge is -2.34. The lowest BCUT2D eigenvalue weighted by Crippen LogP contribution is -2.44. The van der Waals surface area contributed by atoms with E-state index in [1.54, 1.807) is 12.1 Å². The van der Waals surface area contributed by atoms with Crippen molar-refractivity contribution in [3.8, 4) is 17.2 Å². The van der Waals surface area contributed by atoms with Crippen LogP contribution in [0, 0.1) is 17.5 Å². The van der Waals surface area contributed by atoms with Gasteiger partial charge in [0.05, 0.1) is 18.1 Å². The predicted molar refractivity (Wildman–Crippen MR) is 297 cm³/mol. The van der Waals surface area contributed by atoms with E-state index >= 15 is 0 Å². The van der Waals surface area contributed by atoms with E-state index in [0.29, 0.717) is 33.8 Å². The quantitative estimate of drug-likeness (QED) is 0.0777. The molecule has 0 aliphatic carbocycles. The monoisotopic (exact) mass is 1220 g/mol. The lowest BCUT2D eigenvalue weighted by molar-refractivity contribution is 0.0501. The van der Waals surface area contributed by atoms with Gasteiger partial charge < -0.3 is 66.7 Å². The zero-order valence-corrected chi connectivity index (χ0v) is 45.9. The van der Waals surface area contributed by atoms with Crippen LogP contribution in [0.15, 0.2) is 136 Å². The van der Waals surface area contributed by atoms with Gasteiger partial charge in [-0.05, 0) is 139 Å². The Morgan fingerprint density at radius 1 is 0.526 bits per heavy atom. The second-order valence-corrected chi connectivity index (χ2v) is 20.4. The number of fused-ring (bicyclic) bond motifs is 3. The predicted octanol–water partition coefficient (Wildman–Crippen LogP) is 6.86. The fraction of sp³-hybridized carbons (Fsp3) is 0.304. The molecule has 6 atom stereocenters. The normalized spacial score (nSPS) is 20.7. The van der Waals surface area contributed by atoms with Crippen LogP contribution in [0.3, 0.4) is 0 Å². The first-order chi connectivity index (χ1) is 37.5. The highest BCUT2D eigenvalue weighted by Gasteiger charge is 2.33. The van der Waals surface area contributed by atoms with Crippen LogP contribution in [0.1, 0.15) is 65.9 Å². The van der Waals surface area contributed by atoms with E-state index in [1.165, 1.54) is 72.8 Å². The maximum Gasteiger partial charge on any atom is 0.252 e. The van der Waals surface area contributed by atoms with Crippen LogP contribution >= 0.6 is 43.5 Å². The van der Waals surface area contributed by atoms with Crippen molar-refractivity contribution in [2.45, 2.75) is 36.4 Å². The summed E-state index contributed by atoms with van der Waals surface area (Å²) in [6.07, 6.45) is -2.33. The number of carbonyl (C=O) groups is 3. The number of ether oxygens (including phenoxy) is 3. The fourth-order valence-electron chi connectivity index (χ4n) is 8.46. The molecule has 2 saturated heterocycles. The molecule has 78 heavy (non-hydrogen) atoms. The number of halogens is 6. The zero-order valence-electron chi connectivity index (χ0n) is 42.0. The molecule has 0 unspecified atom stereocenters. The van der Waals surface area contributed by atoms with Gasteiger partial charge in [0, 0.05) is 100 Å². The molecule has 10 N–H and O–H groups in total. The lowest BCUT2D eigenvalue weighted by atomic mass is 9.96.